The lowest BCUT2D eigenvalue weighted by Gasteiger charge is -2.11. The van der Waals surface area contributed by atoms with Crippen molar-refractivity contribution in [3.8, 4) is 0 Å². The predicted molar refractivity (Wildman–Crippen MR) is 49.7 cm³/mol. The molecule has 0 spiro atoms. The summed E-state index contributed by atoms with van der Waals surface area (Å²) in [5.74, 6) is 0.784. The Balaban J connectivity index is 1.85. The largest absolute Gasteiger partial charge is 0.336 e. The summed E-state index contributed by atoms with van der Waals surface area (Å²) in [5.41, 5.74) is 0. The first-order chi connectivity index (χ1) is 6.75. The number of carbonyl (C=O) groups is 1. The van der Waals surface area contributed by atoms with Crippen molar-refractivity contribution in [1.29, 1.82) is 0 Å². The van der Waals surface area contributed by atoms with Crippen molar-refractivity contribution < 1.29 is 4.79 Å². The van der Waals surface area contributed by atoms with Gasteiger partial charge in [0, 0.05) is 33.1 Å². The summed E-state index contributed by atoms with van der Waals surface area (Å²) in [6.45, 7) is 2.22. The molecule has 76 valence electrons. The van der Waals surface area contributed by atoms with Crippen LogP contribution in [0.3, 0.4) is 0 Å². The average Bonchev–Trinajstić information content (AvgIpc) is 2.72. The van der Waals surface area contributed by atoms with E-state index < -0.39 is 0 Å². The Morgan fingerprint density at radius 2 is 2.50 bits per heavy atom. The fourth-order valence-corrected chi connectivity index (χ4v) is 1.46. The zero-order chi connectivity index (χ0) is 9.97. The molecule has 0 saturated carbocycles. The molecule has 0 radical (unpaired) electrons. The Hall–Kier alpha value is -1.59. The lowest BCUT2D eigenvalue weighted by Crippen LogP contribution is -2.30. The standard InChI is InChI=1S/C8H13N5O/c1-12-6-10-7(11-12)2-4-13-5-3-9-8(13)14/h6H,2-5H2,1H3,(H,9,14). The number of carbonyl (C=O) groups excluding carboxylic acids is 1. The third kappa shape index (κ3) is 1.84. The van der Waals surface area contributed by atoms with E-state index in [4.69, 9.17) is 0 Å². The lowest BCUT2D eigenvalue weighted by atomic mass is 10.4. The van der Waals surface area contributed by atoms with Crippen molar-refractivity contribution in [3.05, 3.63) is 12.2 Å². The second kappa shape index (κ2) is 3.65. The van der Waals surface area contributed by atoms with Crippen molar-refractivity contribution in [1.82, 2.24) is 25.0 Å². The zero-order valence-electron chi connectivity index (χ0n) is 8.10. The molecule has 0 aromatic carbocycles. The zero-order valence-corrected chi connectivity index (χ0v) is 8.10. The Kier molecular flexibility index (Phi) is 2.34. The van der Waals surface area contributed by atoms with Gasteiger partial charge in [0.2, 0.25) is 0 Å². The Morgan fingerprint density at radius 3 is 3.07 bits per heavy atom. The van der Waals surface area contributed by atoms with Crippen molar-refractivity contribution in [2.75, 3.05) is 19.6 Å². The van der Waals surface area contributed by atoms with E-state index in [2.05, 4.69) is 15.4 Å². The molecular weight excluding hydrogens is 182 g/mol. The Labute approximate surface area is 81.9 Å². The van der Waals surface area contributed by atoms with E-state index in [0.717, 1.165) is 18.9 Å². The molecule has 1 fully saturated rings. The molecule has 1 aliphatic rings. The van der Waals surface area contributed by atoms with E-state index in [1.807, 2.05) is 7.05 Å². The van der Waals surface area contributed by atoms with Gasteiger partial charge in [-0.1, -0.05) is 0 Å². The van der Waals surface area contributed by atoms with Crippen LogP contribution < -0.4 is 5.32 Å². The monoisotopic (exact) mass is 195 g/mol. The summed E-state index contributed by atoms with van der Waals surface area (Å²) in [6.07, 6.45) is 2.38. The van der Waals surface area contributed by atoms with E-state index in [1.165, 1.54) is 0 Å². The van der Waals surface area contributed by atoms with Gasteiger partial charge in [0.15, 0.2) is 5.82 Å². The maximum Gasteiger partial charge on any atom is 0.317 e. The Bertz CT molecular complexity index is 334. The molecule has 1 N–H and O–H groups in total. The van der Waals surface area contributed by atoms with Crippen LogP contribution in [0.25, 0.3) is 0 Å². The minimum absolute atomic E-state index is 0.0148. The van der Waals surface area contributed by atoms with Crippen LogP contribution >= 0.6 is 0 Å². The molecule has 2 heterocycles. The highest BCUT2D eigenvalue weighted by molar-refractivity contribution is 5.76. The van der Waals surface area contributed by atoms with Crippen molar-refractivity contribution in [2.45, 2.75) is 6.42 Å². The first-order valence-electron chi connectivity index (χ1n) is 4.63. The predicted octanol–water partition coefficient (Wildman–Crippen LogP) is -0.617. The number of aryl methyl sites for hydroxylation is 1. The van der Waals surface area contributed by atoms with Gasteiger partial charge in [-0.25, -0.2) is 9.78 Å². The van der Waals surface area contributed by atoms with Crippen LogP contribution in [0.5, 0.6) is 0 Å². The van der Waals surface area contributed by atoms with E-state index in [-0.39, 0.29) is 6.03 Å². The molecule has 1 aliphatic heterocycles. The minimum atomic E-state index is 0.0148. The number of amides is 2. The molecule has 1 aromatic rings. The highest BCUT2D eigenvalue weighted by Gasteiger charge is 2.18. The van der Waals surface area contributed by atoms with E-state index in [1.54, 1.807) is 15.9 Å². The molecule has 2 amide bonds. The van der Waals surface area contributed by atoms with Crippen LogP contribution in [0.15, 0.2) is 6.33 Å². The van der Waals surface area contributed by atoms with Crippen LogP contribution in [0.4, 0.5) is 4.79 Å². The lowest BCUT2D eigenvalue weighted by molar-refractivity contribution is 0.217. The van der Waals surface area contributed by atoms with E-state index >= 15 is 0 Å². The normalized spacial score (nSPS) is 16.1. The van der Waals surface area contributed by atoms with Gasteiger partial charge in [-0.2, -0.15) is 5.10 Å². The molecule has 0 bridgehead atoms. The van der Waals surface area contributed by atoms with Crippen LogP contribution in [0.1, 0.15) is 5.82 Å². The molecule has 0 atom stereocenters. The van der Waals surface area contributed by atoms with E-state index in [0.29, 0.717) is 13.0 Å². The molecule has 1 saturated heterocycles. The maximum absolute atomic E-state index is 11.2. The minimum Gasteiger partial charge on any atom is -0.336 e. The highest BCUT2D eigenvalue weighted by Crippen LogP contribution is 1.99. The van der Waals surface area contributed by atoms with Crippen LogP contribution in [0, 0.1) is 0 Å². The van der Waals surface area contributed by atoms with Crippen LogP contribution in [-0.4, -0.2) is 45.3 Å². The van der Waals surface area contributed by atoms with Crippen molar-refractivity contribution in [2.24, 2.45) is 7.05 Å². The third-order valence-electron chi connectivity index (χ3n) is 2.20. The van der Waals surface area contributed by atoms with Crippen LogP contribution in [-0.2, 0) is 13.5 Å². The molecule has 14 heavy (non-hydrogen) atoms. The molecule has 1 aromatic heterocycles. The number of aromatic nitrogens is 3. The summed E-state index contributed by atoms with van der Waals surface area (Å²) < 4.78 is 1.67. The first-order valence-corrected chi connectivity index (χ1v) is 4.63. The van der Waals surface area contributed by atoms with Crippen LogP contribution in [0.2, 0.25) is 0 Å². The number of urea groups is 1. The molecule has 0 aliphatic carbocycles. The number of hydrogen-bond acceptors (Lipinski definition) is 3. The summed E-state index contributed by atoms with van der Waals surface area (Å²) in [7, 11) is 1.83. The SMILES string of the molecule is Cn1cnc(CCN2CCNC2=O)n1. The van der Waals surface area contributed by atoms with Gasteiger partial charge >= 0.3 is 6.03 Å². The molecule has 6 nitrogen and oxygen atoms in total. The molecule has 2 rings (SSSR count). The second-order valence-corrected chi connectivity index (χ2v) is 3.30. The molecule has 6 heteroatoms. The maximum atomic E-state index is 11.2. The van der Waals surface area contributed by atoms with Gasteiger partial charge in [0.1, 0.15) is 6.33 Å². The summed E-state index contributed by atoms with van der Waals surface area (Å²) in [4.78, 5) is 17.0. The quantitative estimate of drug-likeness (QED) is 0.699. The second-order valence-electron chi connectivity index (χ2n) is 3.30. The van der Waals surface area contributed by atoms with Crippen molar-refractivity contribution in [3.63, 3.8) is 0 Å². The number of hydrogen-bond donors (Lipinski definition) is 1. The van der Waals surface area contributed by atoms with Gasteiger partial charge < -0.3 is 10.2 Å². The van der Waals surface area contributed by atoms with Crippen molar-refractivity contribution >= 4 is 6.03 Å². The fraction of sp³-hybridized carbons (Fsp3) is 0.625. The summed E-state index contributed by atoms with van der Waals surface area (Å²) >= 11 is 0. The van der Waals surface area contributed by atoms with Gasteiger partial charge in [-0.3, -0.25) is 4.68 Å². The smallest absolute Gasteiger partial charge is 0.317 e. The van der Waals surface area contributed by atoms with Gasteiger partial charge in [0.25, 0.3) is 0 Å². The van der Waals surface area contributed by atoms with Gasteiger partial charge in [-0.05, 0) is 0 Å². The number of nitrogens with zero attached hydrogens (tertiary/aromatic N) is 4. The number of nitrogens with one attached hydrogen (secondary N) is 1. The average molecular weight is 195 g/mol. The van der Waals surface area contributed by atoms with Gasteiger partial charge in [0.05, 0.1) is 0 Å². The molecule has 0 unspecified atom stereocenters. The fourth-order valence-electron chi connectivity index (χ4n) is 1.46. The first kappa shape index (κ1) is 8.98. The summed E-state index contributed by atoms with van der Waals surface area (Å²) in [6, 6.07) is 0.0148. The third-order valence-corrected chi connectivity index (χ3v) is 2.20. The summed E-state index contributed by atoms with van der Waals surface area (Å²) in [5, 5.41) is 6.90. The molecular formula is C8H13N5O. The number of rotatable bonds is 3. The Morgan fingerprint density at radius 1 is 1.64 bits per heavy atom. The van der Waals surface area contributed by atoms with Gasteiger partial charge in [-0.15, -0.1) is 0 Å². The van der Waals surface area contributed by atoms with E-state index in [9.17, 15) is 4.79 Å². The highest BCUT2D eigenvalue weighted by atomic mass is 16.2. The topological polar surface area (TPSA) is 63.1 Å².